The Kier molecular flexibility index (Phi) is 4.79. The summed E-state index contributed by atoms with van der Waals surface area (Å²) in [5, 5.41) is 2.63. The van der Waals surface area contributed by atoms with Crippen molar-refractivity contribution in [3.05, 3.63) is 48.0 Å². The van der Waals surface area contributed by atoms with Crippen molar-refractivity contribution in [2.75, 3.05) is 39.3 Å². The molecule has 0 bridgehead atoms. The molecule has 0 radical (unpaired) electrons. The van der Waals surface area contributed by atoms with Gasteiger partial charge in [0.1, 0.15) is 0 Å². The average Bonchev–Trinajstić information content (AvgIpc) is 2.55. The van der Waals surface area contributed by atoms with Crippen LogP contribution in [0, 0.1) is 0 Å². The third-order valence-electron chi connectivity index (χ3n) is 4.47. The fraction of sp³-hybridized carbons (Fsp3) is 0.444. The first-order valence-electron chi connectivity index (χ1n) is 7.83. The Bertz CT molecular complexity index is 591. The van der Waals surface area contributed by atoms with Crippen molar-refractivity contribution in [3.8, 4) is 0 Å². The molecule has 1 aliphatic heterocycles. The van der Waals surface area contributed by atoms with Gasteiger partial charge in [-0.25, -0.2) is 0 Å². The molecule has 1 saturated heterocycles. The van der Waals surface area contributed by atoms with E-state index in [0.29, 0.717) is 0 Å². The van der Waals surface area contributed by atoms with Crippen molar-refractivity contribution >= 4 is 22.4 Å². The SMILES string of the molecule is CCN1CCN(CC(Cl)c2ccc3ccccc3c2)CC1. The second kappa shape index (κ2) is 6.78. The van der Waals surface area contributed by atoms with Crippen LogP contribution in [0.1, 0.15) is 17.9 Å². The lowest BCUT2D eigenvalue weighted by molar-refractivity contribution is 0.137. The number of alkyl halides is 1. The van der Waals surface area contributed by atoms with E-state index < -0.39 is 0 Å². The van der Waals surface area contributed by atoms with Crippen LogP contribution in [0.2, 0.25) is 0 Å². The molecule has 0 N–H and O–H groups in total. The number of benzene rings is 2. The molecule has 0 spiro atoms. The van der Waals surface area contributed by atoms with E-state index in [0.717, 1.165) is 39.3 Å². The lowest BCUT2D eigenvalue weighted by atomic mass is 10.0. The molecule has 0 saturated carbocycles. The van der Waals surface area contributed by atoms with Gasteiger partial charge in [-0.3, -0.25) is 4.90 Å². The monoisotopic (exact) mass is 302 g/mol. The first kappa shape index (κ1) is 14.8. The van der Waals surface area contributed by atoms with Gasteiger partial charge in [0.2, 0.25) is 0 Å². The van der Waals surface area contributed by atoms with Crippen molar-refractivity contribution < 1.29 is 0 Å². The molecular formula is C18H23ClN2. The number of nitrogens with zero attached hydrogens (tertiary/aromatic N) is 2. The zero-order chi connectivity index (χ0) is 14.7. The topological polar surface area (TPSA) is 6.48 Å². The van der Waals surface area contributed by atoms with Gasteiger partial charge in [0.05, 0.1) is 5.38 Å². The van der Waals surface area contributed by atoms with Crippen LogP contribution in [0.3, 0.4) is 0 Å². The van der Waals surface area contributed by atoms with E-state index in [2.05, 4.69) is 59.2 Å². The number of piperazine rings is 1. The van der Waals surface area contributed by atoms with E-state index in [9.17, 15) is 0 Å². The van der Waals surface area contributed by atoms with E-state index in [1.54, 1.807) is 0 Å². The van der Waals surface area contributed by atoms with Gasteiger partial charge < -0.3 is 4.90 Å². The summed E-state index contributed by atoms with van der Waals surface area (Å²) < 4.78 is 0. The molecule has 2 aromatic carbocycles. The number of hydrogen-bond acceptors (Lipinski definition) is 2. The van der Waals surface area contributed by atoms with Crippen LogP contribution in [0.4, 0.5) is 0 Å². The van der Waals surface area contributed by atoms with Crippen molar-refractivity contribution in [1.29, 1.82) is 0 Å². The summed E-state index contributed by atoms with van der Waals surface area (Å²) in [7, 11) is 0. The fourth-order valence-corrected chi connectivity index (χ4v) is 3.35. The molecular weight excluding hydrogens is 280 g/mol. The van der Waals surface area contributed by atoms with Crippen LogP contribution in [0.25, 0.3) is 10.8 Å². The lowest BCUT2D eigenvalue weighted by Crippen LogP contribution is -2.46. The summed E-state index contributed by atoms with van der Waals surface area (Å²) >= 11 is 6.65. The molecule has 0 aliphatic carbocycles. The standard InChI is InChI=1S/C18H23ClN2/c1-2-20-9-11-21(12-10-20)14-18(19)17-8-7-15-5-3-4-6-16(15)13-17/h3-8,13,18H,2,9-12,14H2,1H3. The highest BCUT2D eigenvalue weighted by Crippen LogP contribution is 2.26. The van der Waals surface area contributed by atoms with Crippen LogP contribution in [0.15, 0.2) is 42.5 Å². The molecule has 1 fully saturated rings. The maximum atomic E-state index is 6.65. The molecule has 112 valence electrons. The van der Waals surface area contributed by atoms with Crippen LogP contribution in [-0.4, -0.2) is 49.1 Å². The molecule has 3 rings (SSSR count). The third kappa shape index (κ3) is 3.57. The zero-order valence-electron chi connectivity index (χ0n) is 12.6. The van der Waals surface area contributed by atoms with Gasteiger partial charge in [-0.05, 0) is 28.9 Å². The van der Waals surface area contributed by atoms with E-state index in [4.69, 9.17) is 11.6 Å². The summed E-state index contributed by atoms with van der Waals surface area (Å²) in [5.74, 6) is 0. The highest BCUT2D eigenvalue weighted by atomic mass is 35.5. The second-order valence-corrected chi connectivity index (χ2v) is 6.34. The Morgan fingerprint density at radius 1 is 0.952 bits per heavy atom. The van der Waals surface area contributed by atoms with E-state index in [1.165, 1.54) is 16.3 Å². The number of likely N-dealkylation sites (N-methyl/N-ethyl adjacent to an activating group) is 1. The molecule has 1 aliphatic rings. The Morgan fingerprint density at radius 2 is 1.62 bits per heavy atom. The smallest absolute Gasteiger partial charge is 0.0712 e. The predicted octanol–water partition coefficient (Wildman–Crippen LogP) is 3.76. The molecule has 2 nitrogen and oxygen atoms in total. The minimum atomic E-state index is 0.0720. The molecule has 1 heterocycles. The Balaban J connectivity index is 1.65. The van der Waals surface area contributed by atoms with Crippen LogP contribution >= 0.6 is 11.6 Å². The molecule has 1 atom stereocenters. The number of hydrogen-bond donors (Lipinski definition) is 0. The van der Waals surface area contributed by atoms with Crippen molar-refractivity contribution in [2.24, 2.45) is 0 Å². The summed E-state index contributed by atoms with van der Waals surface area (Å²) in [5.41, 5.74) is 1.23. The largest absolute Gasteiger partial charge is 0.301 e. The average molecular weight is 303 g/mol. The summed E-state index contributed by atoms with van der Waals surface area (Å²) in [4.78, 5) is 4.98. The summed E-state index contributed by atoms with van der Waals surface area (Å²) in [6, 6.07) is 15.0. The number of fused-ring (bicyclic) bond motifs is 1. The quantitative estimate of drug-likeness (QED) is 0.794. The lowest BCUT2D eigenvalue weighted by Gasteiger charge is -2.35. The van der Waals surface area contributed by atoms with Gasteiger partial charge in [-0.1, -0.05) is 43.3 Å². The summed E-state index contributed by atoms with van der Waals surface area (Å²) in [6.07, 6.45) is 0. The van der Waals surface area contributed by atoms with Gasteiger partial charge in [0, 0.05) is 32.7 Å². The summed E-state index contributed by atoms with van der Waals surface area (Å²) in [6.45, 7) is 8.92. The van der Waals surface area contributed by atoms with Gasteiger partial charge >= 0.3 is 0 Å². The molecule has 1 unspecified atom stereocenters. The fourth-order valence-electron chi connectivity index (χ4n) is 3.02. The first-order valence-corrected chi connectivity index (χ1v) is 8.27. The predicted molar refractivity (Wildman–Crippen MR) is 91.1 cm³/mol. The van der Waals surface area contributed by atoms with E-state index >= 15 is 0 Å². The van der Waals surface area contributed by atoms with Gasteiger partial charge in [0.25, 0.3) is 0 Å². The van der Waals surface area contributed by atoms with Gasteiger partial charge in [-0.15, -0.1) is 11.6 Å². The van der Waals surface area contributed by atoms with Crippen LogP contribution < -0.4 is 0 Å². The maximum Gasteiger partial charge on any atom is 0.0712 e. The van der Waals surface area contributed by atoms with Crippen molar-refractivity contribution in [3.63, 3.8) is 0 Å². The molecule has 0 amide bonds. The minimum absolute atomic E-state index is 0.0720. The molecule has 21 heavy (non-hydrogen) atoms. The van der Waals surface area contributed by atoms with Gasteiger partial charge in [-0.2, -0.15) is 0 Å². The third-order valence-corrected chi connectivity index (χ3v) is 4.86. The normalized spacial score (nSPS) is 19.0. The van der Waals surface area contributed by atoms with Crippen molar-refractivity contribution in [2.45, 2.75) is 12.3 Å². The zero-order valence-corrected chi connectivity index (χ0v) is 13.4. The first-order chi connectivity index (χ1) is 10.3. The Morgan fingerprint density at radius 3 is 2.33 bits per heavy atom. The van der Waals surface area contributed by atoms with E-state index in [1.807, 2.05) is 0 Å². The molecule has 3 heteroatoms. The van der Waals surface area contributed by atoms with Gasteiger partial charge in [0.15, 0.2) is 0 Å². The number of rotatable bonds is 4. The van der Waals surface area contributed by atoms with Crippen LogP contribution in [0.5, 0.6) is 0 Å². The Labute approximate surface area is 132 Å². The Hall–Kier alpha value is -1.09. The minimum Gasteiger partial charge on any atom is -0.301 e. The maximum absolute atomic E-state index is 6.65. The van der Waals surface area contributed by atoms with Crippen LogP contribution in [-0.2, 0) is 0 Å². The van der Waals surface area contributed by atoms with E-state index in [-0.39, 0.29) is 5.38 Å². The molecule has 0 aromatic heterocycles. The highest BCUT2D eigenvalue weighted by molar-refractivity contribution is 6.21. The molecule has 2 aromatic rings. The number of halogens is 1. The second-order valence-electron chi connectivity index (χ2n) is 5.81. The highest BCUT2D eigenvalue weighted by Gasteiger charge is 2.19. The van der Waals surface area contributed by atoms with Crippen molar-refractivity contribution in [1.82, 2.24) is 9.80 Å².